The molecule has 0 saturated heterocycles. The van der Waals surface area contributed by atoms with Crippen molar-refractivity contribution in [3.8, 4) is 11.5 Å². The highest BCUT2D eigenvalue weighted by molar-refractivity contribution is 7.80. The summed E-state index contributed by atoms with van der Waals surface area (Å²) < 4.78 is 25.6. The average molecular weight is 352 g/mol. The minimum absolute atomic E-state index is 0. The fourth-order valence-electron chi connectivity index (χ4n) is 1.61. The fourth-order valence-corrected chi connectivity index (χ4v) is 2.16. The van der Waals surface area contributed by atoms with Gasteiger partial charge in [-0.1, -0.05) is 7.43 Å². The maximum absolute atomic E-state index is 11.1. The van der Waals surface area contributed by atoms with Crippen LogP contribution in [0.5, 0.6) is 11.5 Å². The molecule has 0 bridgehead atoms. The lowest BCUT2D eigenvalue weighted by Crippen LogP contribution is -1.92. The van der Waals surface area contributed by atoms with Crippen LogP contribution in [0.3, 0.4) is 0 Å². The Morgan fingerprint density at radius 1 is 0.833 bits per heavy atom. The molecule has 0 amide bonds. The van der Waals surface area contributed by atoms with Gasteiger partial charge in [-0.15, -0.1) is 0 Å². The lowest BCUT2D eigenvalue weighted by atomic mass is 10.1. The standard InChI is InChI=1S/C9H10O2.C8H10O3S.CH4/c1-7(10)8-3-5-9(11-2)6-4-8;1-10-7-3-5-8(6-4-7)12(9)11-2;/h3-6H,1-2H3;3-6H,1-2H3;1H4. The normalized spacial score (nSPS) is 10.5. The van der Waals surface area contributed by atoms with Gasteiger partial charge in [0.1, 0.15) is 11.5 Å². The number of carbonyl (C=O) groups is 1. The predicted molar refractivity (Wildman–Crippen MR) is 96.1 cm³/mol. The van der Waals surface area contributed by atoms with Crippen LogP contribution in [0.2, 0.25) is 0 Å². The van der Waals surface area contributed by atoms with Gasteiger partial charge in [0.05, 0.1) is 26.2 Å². The van der Waals surface area contributed by atoms with Crippen LogP contribution in [-0.2, 0) is 15.3 Å². The van der Waals surface area contributed by atoms with Gasteiger partial charge in [-0.25, -0.2) is 4.21 Å². The van der Waals surface area contributed by atoms with Gasteiger partial charge in [-0.2, -0.15) is 0 Å². The van der Waals surface area contributed by atoms with Gasteiger partial charge >= 0.3 is 0 Å². The maximum atomic E-state index is 11.1. The van der Waals surface area contributed by atoms with Crippen molar-refractivity contribution in [2.24, 2.45) is 0 Å². The molecule has 0 radical (unpaired) electrons. The zero-order valence-corrected chi connectivity index (χ0v) is 14.4. The Balaban J connectivity index is 0.000000425. The highest BCUT2D eigenvalue weighted by Gasteiger charge is 2.01. The molecule has 0 spiro atoms. The number of methoxy groups -OCH3 is 2. The van der Waals surface area contributed by atoms with Crippen molar-refractivity contribution in [3.05, 3.63) is 54.1 Å². The molecule has 0 heterocycles. The van der Waals surface area contributed by atoms with E-state index in [0.717, 1.165) is 11.5 Å². The molecule has 2 aromatic carbocycles. The molecule has 0 aliphatic rings. The molecule has 132 valence electrons. The lowest BCUT2D eigenvalue weighted by Gasteiger charge is -2.00. The number of ketones is 1. The van der Waals surface area contributed by atoms with Crippen molar-refractivity contribution >= 4 is 16.9 Å². The monoisotopic (exact) mass is 352 g/mol. The lowest BCUT2D eigenvalue weighted by molar-refractivity contribution is 0.101. The van der Waals surface area contributed by atoms with Gasteiger partial charge in [0, 0.05) is 5.56 Å². The molecule has 1 unspecified atom stereocenters. The van der Waals surface area contributed by atoms with E-state index in [4.69, 9.17) is 9.47 Å². The molecule has 0 saturated carbocycles. The molecule has 0 aliphatic heterocycles. The second-order valence-electron chi connectivity index (χ2n) is 4.36. The van der Waals surface area contributed by atoms with E-state index < -0.39 is 11.1 Å². The Bertz CT molecular complexity index is 635. The zero-order valence-electron chi connectivity index (χ0n) is 13.6. The van der Waals surface area contributed by atoms with Gasteiger partial charge in [0.2, 0.25) is 0 Å². The summed E-state index contributed by atoms with van der Waals surface area (Å²) in [6.45, 7) is 1.54. The molecular formula is C18H24O5S. The molecule has 0 aliphatic carbocycles. The van der Waals surface area contributed by atoms with E-state index in [9.17, 15) is 9.00 Å². The third-order valence-corrected chi connectivity index (χ3v) is 3.86. The molecule has 0 fully saturated rings. The smallest absolute Gasteiger partial charge is 0.188 e. The van der Waals surface area contributed by atoms with Gasteiger partial charge in [-0.05, 0) is 55.5 Å². The summed E-state index contributed by atoms with van der Waals surface area (Å²) in [5.41, 5.74) is 0.714. The van der Waals surface area contributed by atoms with E-state index in [-0.39, 0.29) is 13.2 Å². The topological polar surface area (TPSA) is 61.8 Å². The highest BCUT2D eigenvalue weighted by Crippen LogP contribution is 2.14. The van der Waals surface area contributed by atoms with E-state index in [1.807, 2.05) is 0 Å². The van der Waals surface area contributed by atoms with Crippen LogP contribution in [0.4, 0.5) is 0 Å². The summed E-state index contributed by atoms with van der Waals surface area (Å²) in [6, 6.07) is 13.9. The first-order valence-corrected chi connectivity index (χ1v) is 7.84. The average Bonchev–Trinajstić information content (AvgIpc) is 2.61. The minimum Gasteiger partial charge on any atom is -0.497 e. The number of Topliss-reactive ketones (excluding diaryl/α,β-unsaturated/α-hetero) is 1. The van der Waals surface area contributed by atoms with Crippen LogP contribution in [0.25, 0.3) is 0 Å². The Morgan fingerprint density at radius 2 is 1.25 bits per heavy atom. The van der Waals surface area contributed by atoms with E-state index in [1.54, 1.807) is 69.7 Å². The predicted octanol–water partition coefficient (Wildman–Crippen LogP) is 3.90. The molecule has 1 atom stereocenters. The van der Waals surface area contributed by atoms with Crippen LogP contribution in [0, 0.1) is 0 Å². The van der Waals surface area contributed by atoms with Crippen LogP contribution < -0.4 is 9.47 Å². The first-order valence-electron chi connectivity index (χ1n) is 6.77. The summed E-state index contributed by atoms with van der Waals surface area (Å²) in [4.78, 5) is 11.4. The SMILES string of the molecule is C.COc1ccc(C(C)=O)cc1.COc1ccc(S(=O)OC)cc1. The number of rotatable bonds is 5. The quantitative estimate of drug-likeness (QED) is 0.764. The molecule has 24 heavy (non-hydrogen) atoms. The molecule has 6 heteroatoms. The number of benzene rings is 2. The van der Waals surface area contributed by atoms with Crippen molar-refractivity contribution in [1.29, 1.82) is 0 Å². The summed E-state index contributed by atoms with van der Waals surface area (Å²) in [7, 11) is 4.59. The molecule has 0 N–H and O–H groups in total. The van der Waals surface area contributed by atoms with Gasteiger partial charge < -0.3 is 9.47 Å². The maximum Gasteiger partial charge on any atom is 0.188 e. The zero-order chi connectivity index (χ0) is 17.2. The molecule has 2 aromatic rings. The van der Waals surface area contributed by atoms with Gasteiger partial charge in [0.15, 0.2) is 16.9 Å². The highest BCUT2D eigenvalue weighted by atomic mass is 32.2. The van der Waals surface area contributed by atoms with Crippen LogP contribution >= 0.6 is 0 Å². The molecule has 5 nitrogen and oxygen atoms in total. The summed E-state index contributed by atoms with van der Waals surface area (Å²) in [5, 5.41) is 0. The molecule has 2 rings (SSSR count). The third kappa shape index (κ3) is 6.93. The number of hydrogen-bond acceptors (Lipinski definition) is 5. The first kappa shape index (κ1) is 21.8. The van der Waals surface area contributed by atoms with E-state index in [2.05, 4.69) is 4.18 Å². The van der Waals surface area contributed by atoms with Crippen molar-refractivity contribution in [2.75, 3.05) is 21.3 Å². The Kier molecular flexibility index (Phi) is 10.3. The number of hydrogen-bond donors (Lipinski definition) is 0. The first-order chi connectivity index (χ1) is 11.0. The van der Waals surface area contributed by atoms with E-state index >= 15 is 0 Å². The summed E-state index contributed by atoms with van der Waals surface area (Å²) in [6.07, 6.45) is 0. The molecular weight excluding hydrogens is 328 g/mol. The van der Waals surface area contributed by atoms with Crippen molar-refractivity contribution in [2.45, 2.75) is 19.2 Å². The second kappa shape index (κ2) is 11.4. The minimum atomic E-state index is -1.36. The van der Waals surface area contributed by atoms with Crippen LogP contribution in [0.15, 0.2) is 53.4 Å². The van der Waals surface area contributed by atoms with Gasteiger partial charge in [-0.3, -0.25) is 8.98 Å². The molecule has 0 aromatic heterocycles. The van der Waals surface area contributed by atoms with Crippen molar-refractivity contribution in [1.82, 2.24) is 0 Å². The number of carbonyl (C=O) groups excluding carboxylic acids is 1. The van der Waals surface area contributed by atoms with E-state index in [1.165, 1.54) is 7.11 Å². The van der Waals surface area contributed by atoms with E-state index in [0.29, 0.717) is 10.5 Å². The summed E-state index contributed by atoms with van der Waals surface area (Å²) in [5.74, 6) is 1.59. The fraction of sp³-hybridized carbons (Fsp3) is 0.278. The second-order valence-corrected chi connectivity index (χ2v) is 5.64. The Hall–Kier alpha value is -2.18. The van der Waals surface area contributed by atoms with Crippen LogP contribution in [-0.4, -0.2) is 31.3 Å². The number of ether oxygens (including phenoxy) is 2. The van der Waals surface area contributed by atoms with Crippen LogP contribution in [0.1, 0.15) is 24.7 Å². The largest absolute Gasteiger partial charge is 0.497 e. The van der Waals surface area contributed by atoms with Gasteiger partial charge in [0.25, 0.3) is 0 Å². The van der Waals surface area contributed by atoms with Crippen molar-refractivity contribution < 1.29 is 22.7 Å². The Morgan fingerprint density at radius 3 is 1.58 bits per heavy atom. The van der Waals surface area contributed by atoms with Crippen molar-refractivity contribution in [3.63, 3.8) is 0 Å². The third-order valence-electron chi connectivity index (χ3n) is 2.90. The Labute approximate surface area is 146 Å². The summed E-state index contributed by atoms with van der Waals surface area (Å²) >= 11 is -1.36.